The molecule has 1 saturated heterocycles. The fourth-order valence-electron chi connectivity index (χ4n) is 2.50. The quantitative estimate of drug-likeness (QED) is 0.886. The van der Waals surface area contributed by atoms with Crippen LogP contribution in [0, 0.1) is 0 Å². The molecule has 0 spiro atoms. The van der Waals surface area contributed by atoms with E-state index in [1.54, 1.807) is 16.2 Å². The van der Waals surface area contributed by atoms with E-state index >= 15 is 0 Å². The van der Waals surface area contributed by atoms with E-state index in [0.717, 1.165) is 10.6 Å². The molecular weight excluding hydrogens is 312 g/mol. The van der Waals surface area contributed by atoms with Crippen LogP contribution >= 0.6 is 11.3 Å². The zero-order chi connectivity index (χ0) is 16.1. The lowest BCUT2D eigenvalue weighted by atomic mass is 10.2. The SMILES string of the molecule is O=C(Cc1cccs1)NCCC1CN(c2ccccc2)C(=O)O1. The van der Waals surface area contributed by atoms with Crippen molar-refractivity contribution < 1.29 is 14.3 Å². The molecule has 1 aromatic heterocycles. The van der Waals surface area contributed by atoms with Gasteiger partial charge in [0, 0.05) is 23.5 Å². The van der Waals surface area contributed by atoms with Crippen molar-refractivity contribution >= 4 is 29.0 Å². The number of para-hydroxylation sites is 1. The predicted octanol–water partition coefficient (Wildman–Crippen LogP) is 2.82. The second kappa shape index (κ2) is 7.28. The Hall–Kier alpha value is -2.34. The van der Waals surface area contributed by atoms with Gasteiger partial charge in [0.15, 0.2) is 0 Å². The monoisotopic (exact) mass is 330 g/mol. The predicted molar refractivity (Wildman–Crippen MR) is 89.7 cm³/mol. The number of carbonyl (C=O) groups excluding carboxylic acids is 2. The maximum atomic E-state index is 11.9. The van der Waals surface area contributed by atoms with E-state index in [1.807, 2.05) is 47.8 Å². The number of thiophene rings is 1. The molecule has 1 atom stereocenters. The van der Waals surface area contributed by atoms with Crippen molar-refractivity contribution in [3.8, 4) is 0 Å². The van der Waals surface area contributed by atoms with Crippen LogP contribution in [0.5, 0.6) is 0 Å². The molecule has 2 amide bonds. The van der Waals surface area contributed by atoms with Gasteiger partial charge in [-0.2, -0.15) is 0 Å². The highest BCUT2D eigenvalue weighted by atomic mass is 32.1. The molecule has 6 heteroatoms. The lowest BCUT2D eigenvalue weighted by molar-refractivity contribution is -0.120. The number of carbonyl (C=O) groups is 2. The molecule has 0 aliphatic carbocycles. The molecule has 2 heterocycles. The van der Waals surface area contributed by atoms with Crippen LogP contribution < -0.4 is 10.2 Å². The summed E-state index contributed by atoms with van der Waals surface area (Å²) in [5.74, 6) is -0.00307. The summed E-state index contributed by atoms with van der Waals surface area (Å²) >= 11 is 1.57. The number of benzene rings is 1. The summed E-state index contributed by atoms with van der Waals surface area (Å²) in [6.45, 7) is 1.02. The van der Waals surface area contributed by atoms with Gasteiger partial charge in [-0.1, -0.05) is 24.3 Å². The number of rotatable bonds is 6. The lowest BCUT2D eigenvalue weighted by Crippen LogP contribution is -2.29. The molecule has 1 N–H and O–H groups in total. The molecule has 1 unspecified atom stereocenters. The van der Waals surface area contributed by atoms with Crippen molar-refractivity contribution in [2.75, 3.05) is 18.0 Å². The Morgan fingerprint density at radius 2 is 2.09 bits per heavy atom. The van der Waals surface area contributed by atoms with Gasteiger partial charge in [0.2, 0.25) is 5.91 Å². The van der Waals surface area contributed by atoms with Crippen LogP contribution in [0.2, 0.25) is 0 Å². The summed E-state index contributed by atoms with van der Waals surface area (Å²) in [6.07, 6.45) is 0.500. The number of cyclic esters (lactones) is 1. The van der Waals surface area contributed by atoms with E-state index in [-0.39, 0.29) is 18.1 Å². The lowest BCUT2D eigenvalue weighted by Gasteiger charge is -2.12. The zero-order valence-electron chi connectivity index (χ0n) is 12.6. The number of ether oxygens (including phenoxy) is 1. The van der Waals surface area contributed by atoms with Crippen LogP contribution in [0.4, 0.5) is 10.5 Å². The first-order valence-electron chi connectivity index (χ1n) is 7.54. The highest BCUT2D eigenvalue weighted by Gasteiger charge is 2.31. The van der Waals surface area contributed by atoms with Gasteiger partial charge < -0.3 is 10.1 Å². The fraction of sp³-hybridized carbons (Fsp3) is 0.294. The topological polar surface area (TPSA) is 58.6 Å². The molecule has 1 fully saturated rings. The minimum atomic E-state index is -0.328. The van der Waals surface area contributed by atoms with Gasteiger partial charge >= 0.3 is 6.09 Å². The second-order valence-electron chi connectivity index (χ2n) is 5.35. The standard InChI is InChI=1S/C17H18N2O3S/c20-16(11-15-7-4-10-23-15)18-9-8-14-12-19(17(21)22-14)13-5-2-1-3-6-13/h1-7,10,14H,8-9,11-12H2,(H,18,20). The summed E-state index contributed by atoms with van der Waals surface area (Å²) < 4.78 is 5.35. The fourth-order valence-corrected chi connectivity index (χ4v) is 3.20. The number of hydrogen-bond acceptors (Lipinski definition) is 4. The highest BCUT2D eigenvalue weighted by molar-refractivity contribution is 7.10. The largest absolute Gasteiger partial charge is 0.444 e. The third-order valence-corrected chi connectivity index (χ3v) is 4.52. The van der Waals surface area contributed by atoms with Gasteiger partial charge in [-0.3, -0.25) is 9.69 Å². The Morgan fingerprint density at radius 1 is 1.26 bits per heavy atom. The number of nitrogens with one attached hydrogen (secondary N) is 1. The van der Waals surface area contributed by atoms with Crippen molar-refractivity contribution in [2.24, 2.45) is 0 Å². The molecule has 0 bridgehead atoms. The summed E-state index contributed by atoms with van der Waals surface area (Å²) in [5.41, 5.74) is 0.835. The van der Waals surface area contributed by atoms with E-state index < -0.39 is 0 Å². The summed E-state index contributed by atoms with van der Waals surface area (Å²) in [4.78, 5) is 26.4. The first-order chi connectivity index (χ1) is 11.2. The van der Waals surface area contributed by atoms with Gasteiger partial charge in [0.05, 0.1) is 13.0 Å². The molecular formula is C17H18N2O3S. The maximum absolute atomic E-state index is 11.9. The van der Waals surface area contributed by atoms with E-state index in [0.29, 0.717) is 25.9 Å². The van der Waals surface area contributed by atoms with Crippen LogP contribution in [0.25, 0.3) is 0 Å². The third-order valence-electron chi connectivity index (χ3n) is 3.65. The van der Waals surface area contributed by atoms with Gasteiger partial charge in [0.1, 0.15) is 6.10 Å². The van der Waals surface area contributed by atoms with Crippen molar-refractivity contribution in [3.05, 3.63) is 52.7 Å². The van der Waals surface area contributed by atoms with Gasteiger partial charge in [0.25, 0.3) is 0 Å². The Bertz CT molecular complexity index is 658. The highest BCUT2D eigenvalue weighted by Crippen LogP contribution is 2.22. The average molecular weight is 330 g/mol. The second-order valence-corrected chi connectivity index (χ2v) is 6.38. The number of hydrogen-bond donors (Lipinski definition) is 1. The van der Waals surface area contributed by atoms with E-state index in [2.05, 4.69) is 5.32 Å². The summed E-state index contributed by atoms with van der Waals surface area (Å²) in [7, 11) is 0. The third kappa shape index (κ3) is 4.10. The summed E-state index contributed by atoms with van der Waals surface area (Å²) in [6, 6.07) is 13.3. The van der Waals surface area contributed by atoms with Crippen LogP contribution in [0.15, 0.2) is 47.8 Å². The minimum absolute atomic E-state index is 0.00307. The van der Waals surface area contributed by atoms with Gasteiger partial charge in [-0.05, 0) is 23.6 Å². The van der Waals surface area contributed by atoms with E-state index in [9.17, 15) is 9.59 Å². The van der Waals surface area contributed by atoms with E-state index in [4.69, 9.17) is 4.74 Å². The Kier molecular flexibility index (Phi) is 4.92. The van der Waals surface area contributed by atoms with Crippen LogP contribution in [-0.4, -0.2) is 31.2 Å². The van der Waals surface area contributed by atoms with Crippen molar-refractivity contribution in [1.82, 2.24) is 5.32 Å². The van der Waals surface area contributed by atoms with Crippen LogP contribution in [0.1, 0.15) is 11.3 Å². The molecule has 0 saturated carbocycles. The number of amides is 2. The Morgan fingerprint density at radius 3 is 2.83 bits per heavy atom. The van der Waals surface area contributed by atoms with Crippen molar-refractivity contribution in [3.63, 3.8) is 0 Å². The normalized spacial score (nSPS) is 17.1. The molecule has 1 aliphatic heterocycles. The molecule has 2 aromatic rings. The number of nitrogens with zero attached hydrogens (tertiary/aromatic N) is 1. The average Bonchev–Trinajstić information content (AvgIpc) is 3.18. The zero-order valence-corrected chi connectivity index (χ0v) is 13.4. The molecule has 23 heavy (non-hydrogen) atoms. The number of anilines is 1. The van der Waals surface area contributed by atoms with Crippen LogP contribution in [-0.2, 0) is 16.0 Å². The molecule has 120 valence electrons. The van der Waals surface area contributed by atoms with Crippen molar-refractivity contribution in [2.45, 2.75) is 18.9 Å². The summed E-state index contributed by atoms with van der Waals surface area (Å²) in [5, 5.41) is 4.83. The molecule has 1 aliphatic rings. The van der Waals surface area contributed by atoms with Crippen LogP contribution in [0.3, 0.4) is 0 Å². The first-order valence-corrected chi connectivity index (χ1v) is 8.42. The molecule has 3 rings (SSSR count). The van der Waals surface area contributed by atoms with Gasteiger partial charge in [-0.25, -0.2) is 4.79 Å². The first kappa shape index (κ1) is 15.6. The van der Waals surface area contributed by atoms with Gasteiger partial charge in [-0.15, -0.1) is 11.3 Å². The van der Waals surface area contributed by atoms with Crippen molar-refractivity contribution in [1.29, 1.82) is 0 Å². The molecule has 0 radical (unpaired) electrons. The maximum Gasteiger partial charge on any atom is 0.414 e. The Labute approximate surface area is 138 Å². The smallest absolute Gasteiger partial charge is 0.414 e. The minimum Gasteiger partial charge on any atom is -0.444 e. The molecule has 5 nitrogen and oxygen atoms in total. The molecule has 1 aromatic carbocycles. The van der Waals surface area contributed by atoms with E-state index in [1.165, 1.54) is 0 Å². The Balaban J connectivity index is 1.43.